The van der Waals surface area contributed by atoms with Crippen LogP contribution in [0.2, 0.25) is 0 Å². The highest BCUT2D eigenvalue weighted by Crippen LogP contribution is 2.41. The molecule has 0 aliphatic heterocycles. The zero-order valence-electron chi connectivity index (χ0n) is 32.9. The minimum absolute atomic E-state index is 0.869. The van der Waals surface area contributed by atoms with Crippen LogP contribution in [0, 0.1) is 0 Å². The van der Waals surface area contributed by atoms with Gasteiger partial charge in [0.15, 0.2) is 0 Å². The van der Waals surface area contributed by atoms with Crippen molar-refractivity contribution in [2.45, 2.75) is 0 Å². The Labute approximate surface area is 349 Å². The maximum atomic E-state index is 6.24. The van der Waals surface area contributed by atoms with E-state index in [1.54, 1.807) is 0 Å². The fourth-order valence-electron chi connectivity index (χ4n) is 8.56. The minimum atomic E-state index is 0.869. The summed E-state index contributed by atoms with van der Waals surface area (Å²) < 4.78 is 6.24. The van der Waals surface area contributed by atoms with Gasteiger partial charge in [0.2, 0.25) is 0 Å². The maximum absolute atomic E-state index is 6.24. The number of benzene rings is 10. The van der Waals surface area contributed by atoms with E-state index < -0.39 is 0 Å². The number of hydrogen-bond acceptors (Lipinski definition) is 2. The van der Waals surface area contributed by atoms with E-state index in [9.17, 15) is 0 Å². The van der Waals surface area contributed by atoms with E-state index in [0.29, 0.717) is 0 Å². The average molecular weight is 766 g/mol. The zero-order chi connectivity index (χ0) is 39.8. The van der Waals surface area contributed by atoms with Crippen molar-refractivity contribution in [3.8, 4) is 55.8 Å². The predicted octanol–water partition coefficient (Wildman–Crippen LogP) is 16.5. The first-order valence-corrected chi connectivity index (χ1v) is 20.5. The highest BCUT2D eigenvalue weighted by molar-refractivity contribution is 6.08. The zero-order valence-corrected chi connectivity index (χ0v) is 32.9. The molecule has 0 aliphatic carbocycles. The Morgan fingerprint density at radius 2 is 0.733 bits per heavy atom. The van der Waals surface area contributed by atoms with E-state index >= 15 is 0 Å². The van der Waals surface area contributed by atoms with Crippen molar-refractivity contribution in [2.24, 2.45) is 0 Å². The lowest BCUT2D eigenvalue weighted by Gasteiger charge is -2.27. The van der Waals surface area contributed by atoms with Gasteiger partial charge in [-0.05, 0) is 133 Å². The van der Waals surface area contributed by atoms with E-state index in [4.69, 9.17) is 4.42 Å². The molecule has 10 aromatic carbocycles. The average Bonchev–Trinajstić information content (AvgIpc) is 3.77. The first kappa shape index (κ1) is 35.2. The van der Waals surface area contributed by atoms with Gasteiger partial charge in [-0.3, -0.25) is 0 Å². The van der Waals surface area contributed by atoms with Gasteiger partial charge in [-0.15, -0.1) is 0 Å². The normalized spacial score (nSPS) is 11.3. The second-order valence-corrected chi connectivity index (χ2v) is 15.4. The number of fused-ring (bicyclic) bond motifs is 4. The molecule has 11 aromatic rings. The van der Waals surface area contributed by atoms with Crippen molar-refractivity contribution in [3.05, 3.63) is 237 Å². The van der Waals surface area contributed by atoms with Crippen LogP contribution in [0.3, 0.4) is 0 Å². The van der Waals surface area contributed by atoms with Gasteiger partial charge >= 0.3 is 0 Å². The molecule has 0 N–H and O–H groups in total. The highest BCUT2D eigenvalue weighted by Gasteiger charge is 2.17. The fraction of sp³-hybridized carbons (Fsp3) is 0. The van der Waals surface area contributed by atoms with Gasteiger partial charge in [-0.25, -0.2) is 0 Å². The number of hydrogen-bond donors (Lipinski definition) is 0. The molecule has 1 heterocycles. The molecule has 0 bridgehead atoms. The first-order chi connectivity index (χ1) is 29.7. The topological polar surface area (TPSA) is 16.4 Å². The summed E-state index contributed by atoms with van der Waals surface area (Å²) in [7, 11) is 0. The van der Waals surface area contributed by atoms with Crippen LogP contribution < -0.4 is 4.90 Å². The summed E-state index contributed by atoms with van der Waals surface area (Å²) in [6.45, 7) is 0. The molecular weight excluding hydrogens is 727 g/mol. The summed E-state index contributed by atoms with van der Waals surface area (Å²) in [5, 5.41) is 6.17. The van der Waals surface area contributed by atoms with Crippen LogP contribution in [-0.2, 0) is 0 Å². The van der Waals surface area contributed by atoms with E-state index in [1.165, 1.54) is 43.8 Å². The highest BCUT2D eigenvalue weighted by atomic mass is 16.3. The Bertz CT molecular complexity index is 3200. The smallest absolute Gasteiger partial charge is 0.135 e. The molecule has 0 atom stereocenters. The maximum Gasteiger partial charge on any atom is 0.135 e. The van der Waals surface area contributed by atoms with E-state index in [2.05, 4.69) is 223 Å². The first-order valence-electron chi connectivity index (χ1n) is 20.5. The molecular formula is C58H39NO. The summed E-state index contributed by atoms with van der Waals surface area (Å²) in [4.78, 5) is 2.38. The number of para-hydroxylation sites is 1. The van der Waals surface area contributed by atoms with Crippen molar-refractivity contribution in [3.63, 3.8) is 0 Å². The van der Waals surface area contributed by atoms with Gasteiger partial charge in [-0.2, -0.15) is 0 Å². The molecule has 0 radical (unpaired) electrons. The molecule has 1 aromatic heterocycles. The molecule has 0 saturated heterocycles. The Balaban J connectivity index is 1.01. The van der Waals surface area contributed by atoms with Crippen molar-refractivity contribution >= 4 is 49.6 Å². The summed E-state index contributed by atoms with van der Waals surface area (Å²) in [6.07, 6.45) is 0. The van der Waals surface area contributed by atoms with Crippen LogP contribution in [0.1, 0.15) is 0 Å². The molecule has 2 heteroatoms. The van der Waals surface area contributed by atoms with Gasteiger partial charge in [0.1, 0.15) is 11.3 Å². The third-order valence-electron chi connectivity index (χ3n) is 11.6. The Morgan fingerprint density at radius 1 is 0.250 bits per heavy atom. The SMILES string of the molecule is c1ccc(-c2cc(-c3ccccc3)cc(N(c3ccc(-c4cccc(-c5cc6ccccc6o5)c4)cc3)c3ccc(-c4ccc5c(ccc6ccccc65)c4)cc3)c2)cc1. The standard InChI is InChI=1S/C58H39NO/c1-3-12-40(13-4-1)50-36-51(41-14-5-2-6-15-41)38-54(37-50)59(53-31-26-43(27-32-53)46-28-33-56-47(34-46)23-22-44-16-7-9-20-55(44)56)52-29-24-42(25-30-52)45-18-11-19-48(35-45)58-39-49-17-8-10-21-57(49)60-58/h1-39H. The fourth-order valence-corrected chi connectivity index (χ4v) is 8.56. The van der Waals surface area contributed by atoms with Crippen LogP contribution in [0.15, 0.2) is 241 Å². The number of furan rings is 1. The summed E-state index contributed by atoms with van der Waals surface area (Å²) in [5.41, 5.74) is 14.5. The van der Waals surface area contributed by atoms with Crippen LogP contribution in [-0.4, -0.2) is 0 Å². The second kappa shape index (κ2) is 15.1. The predicted molar refractivity (Wildman–Crippen MR) is 253 cm³/mol. The molecule has 282 valence electrons. The van der Waals surface area contributed by atoms with Gasteiger partial charge in [-0.1, -0.05) is 170 Å². The Hall–Kier alpha value is -7.94. The monoisotopic (exact) mass is 765 g/mol. The molecule has 0 unspecified atom stereocenters. The van der Waals surface area contributed by atoms with Gasteiger partial charge in [0, 0.05) is 28.0 Å². The van der Waals surface area contributed by atoms with Crippen molar-refractivity contribution in [2.75, 3.05) is 4.90 Å². The molecule has 2 nitrogen and oxygen atoms in total. The molecule has 0 saturated carbocycles. The van der Waals surface area contributed by atoms with Gasteiger partial charge < -0.3 is 9.32 Å². The van der Waals surface area contributed by atoms with E-state index in [0.717, 1.165) is 61.6 Å². The van der Waals surface area contributed by atoms with Crippen LogP contribution in [0.4, 0.5) is 17.1 Å². The van der Waals surface area contributed by atoms with Gasteiger partial charge in [0.05, 0.1) is 0 Å². The van der Waals surface area contributed by atoms with Crippen LogP contribution >= 0.6 is 0 Å². The Morgan fingerprint density at radius 3 is 1.40 bits per heavy atom. The van der Waals surface area contributed by atoms with Crippen LogP contribution in [0.5, 0.6) is 0 Å². The lowest BCUT2D eigenvalue weighted by molar-refractivity contribution is 0.631. The molecule has 0 amide bonds. The third-order valence-corrected chi connectivity index (χ3v) is 11.6. The van der Waals surface area contributed by atoms with Crippen molar-refractivity contribution in [1.82, 2.24) is 0 Å². The number of anilines is 3. The Kier molecular flexibility index (Phi) is 8.87. The minimum Gasteiger partial charge on any atom is -0.456 e. The molecule has 0 aliphatic rings. The largest absolute Gasteiger partial charge is 0.456 e. The molecule has 11 rings (SSSR count). The lowest BCUT2D eigenvalue weighted by atomic mass is 9.96. The summed E-state index contributed by atoms with van der Waals surface area (Å²) in [5.74, 6) is 0.869. The summed E-state index contributed by atoms with van der Waals surface area (Å²) in [6, 6.07) is 85.0. The third kappa shape index (κ3) is 6.70. The van der Waals surface area contributed by atoms with Crippen molar-refractivity contribution in [1.29, 1.82) is 0 Å². The van der Waals surface area contributed by atoms with Gasteiger partial charge in [0.25, 0.3) is 0 Å². The quantitative estimate of drug-likeness (QED) is 0.143. The molecule has 60 heavy (non-hydrogen) atoms. The van der Waals surface area contributed by atoms with Crippen LogP contribution in [0.25, 0.3) is 88.3 Å². The van der Waals surface area contributed by atoms with E-state index in [-0.39, 0.29) is 0 Å². The lowest BCUT2D eigenvalue weighted by Crippen LogP contribution is -2.10. The molecule has 0 fully saturated rings. The second-order valence-electron chi connectivity index (χ2n) is 15.4. The summed E-state index contributed by atoms with van der Waals surface area (Å²) >= 11 is 0. The van der Waals surface area contributed by atoms with Crippen molar-refractivity contribution < 1.29 is 4.42 Å². The number of rotatable bonds is 8. The molecule has 0 spiro atoms. The number of nitrogens with zero attached hydrogens (tertiary/aromatic N) is 1. The van der Waals surface area contributed by atoms with E-state index in [1.807, 2.05) is 18.2 Å².